The third-order valence-electron chi connectivity index (χ3n) is 5.87. The molecule has 4 aromatic rings. The number of benzene rings is 2. The van der Waals surface area contributed by atoms with Gasteiger partial charge < -0.3 is 4.74 Å². The van der Waals surface area contributed by atoms with E-state index in [9.17, 15) is 13.6 Å². The summed E-state index contributed by atoms with van der Waals surface area (Å²) in [5.74, 6) is -1.41. The molecule has 8 nitrogen and oxygen atoms in total. The average Bonchev–Trinajstić information content (AvgIpc) is 3.34. The lowest BCUT2D eigenvalue weighted by atomic mass is 10.1. The van der Waals surface area contributed by atoms with Crippen molar-refractivity contribution in [1.29, 1.82) is 0 Å². The summed E-state index contributed by atoms with van der Waals surface area (Å²) >= 11 is 0. The average molecular weight is 479 g/mol. The maximum atomic E-state index is 13.6. The van der Waals surface area contributed by atoms with Crippen LogP contribution in [0.5, 0.6) is 0 Å². The molecule has 0 atom stereocenters. The van der Waals surface area contributed by atoms with E-state index >= 15 is 0 Å². The Morgan fingerprint density at radius 2 is 1.69 bits per heavy atom. The van der Waals surface area contributed by atoms with Gasteiger partial charge in [0.1, 0.15) is 17.3 Å². The fourth-order valence-electron chi connectivity index (χ4n) is 4.03. The highest BCUT2D eigenvalue weighted by atomic mass is 19.1. The Labute approximate surface area is 200 Å². The maximum Gasteiger partial charge on any atom is 0.267 e. The van der Waals surface area contributed by atoms with E-state index in [4.69, 9.17) is 4.74 Å². The highest BCUT2D eigenvalue weighted by Crippen LogP contribution is 2.20. The van der Waals surface area contributed by atoms with Gasteiger partial charge in [-0.25, -0.2) is 13.5 Å². The lowest BCUT2D eigenvalue weighted by Crippen LogP contribution is -2.38. The minimum absolute atomic E-state index is 0.198. The lowest BCUT2D eigenvalue weighted by Gasteiger charge is -2.26. The molecule has 3 heterocycles. The molecule has 2 aromatic carbocycles. The van der Waals surface area contributed by atoms with Crippen LogP contribution in [0.15, 0.2) is 65.6 Å². The van der Waals surface area contributed by atoms with E-state index in [0.29, 0.717) is 5.69 Å². The number of rotatable bonds is 7. The highest BCUT2D eigenvalue weighted by Gasteiger charge is 2.12. The second-order valence-corrected chi connectivity index (χ2v) is 8.39. The molecular weight excluding hydrogens is 454 g/mol. The smallest absolute Gasteiger partial charge is 0.267 e. The number of hydrogen-bond acceptors (Lipinski definition) is 6. The molecule has 1 fully saturated rings. The maximum absolute atomic E-state index is 13.6. The van der Waals surface area contributed by atoms with Crippen LogP contribution in [0, 0.1) is 11.6 Å². The zero-order valence-electron chi connectivity index (χ0n) is 19.0. The zero-order valence-corrected chi connectivity index (χ0v) is 19.0. The number of halogens is 2. The van der Waals surface area contributed by atoms with Crippen LogP contribution < -0.4 is 5.56 Å². The summed E-state index contributed by atoms with van der Waals surface area (Å²) in [5.41, 5.74) is 2.70. The van der Waals surface area contributed by atoms with Gasteiger partial charge in [-0.2, -0.15) is 5.10 Å². The number of morpholine rings is 1. The molecular formula is C25H24F2N6O2. The van der Waals surface area contributed by atoms with E-state index in [1.165, 1.54) is 28.9 Å². The molecule has 0 spiro atoms. The van der Waals surface area contributed by atoms with Gasteiger partial charge in [0, 0.05) is 42.9 Å². The molecule has 1 aliphatic heterocycles. The van der Waals surface area contributed by atoms with Gasteiger partial charge in [0.25, 0.3) is 5.56 Å². The van der Waals surface area contributed by atoms with Gasteiger partial charge in [0.05, 0.1) is 38.2 Å². The van der Waals surface area contributed by atoms with Crippen LogP contribution in [0.25, 0.3) is 22.5 Å². The van der Waals surface area contributed by atoms with Gasteiger partial charge in [0.15, 0.2) is 0 Å². The molecule has 0 amide bonds. The SMILES string of the molecule is O=c1ccc(-c2cc(F)cc(F)c2)nn1Cc1cccc(-c2cn(CCN3CCOCC3)nn2)c1. The highest BCUT2D eigenvalue weighted by molar-refractivity contribution is 5.59. The van der Waals surface area contributed by atoms with Gasteiger partial charge in [-0.3, -0.25) is 14.4 Å². The second-order valence-electron chi connectivity index (χ2n) is 8.39. The molecule has 0 saturated carbocycles. The van der Waals surface area contributed by atoms with Crippen molar-refractivity contribution < 1.29 is 13.5 Å². The molecule has 10 heteroatoms. The first-order chi connectivity index (χ1) is 17.0. The van der Waals surface area contributed by atoms with Gasteiger partial charge in [-0.15, -0.1) is 5.10 Å². The van der Waals surface area contributed by atoms with Gasteiger partial charge in [0.2, 0.25) is 0 Å². The zero-order chi connectivity index (χ0) is 24.2. The van der Waals surface area contributed by atoms with Crippen LogP contribution in [-0.2, 0) is 17.8 Å². The summed E-state index contributed by atoms with van der Waals surface area (Å²) in [4.78, 5) is 14.8. The number of aromatic nitrogens is 5. The lowest BCUT2D eigenvalue weighted by molar-refractivity contribution is 0.0359. The predicted octanol–water partition coefficient (Wildman–Crippen LogP) is 2.83. The molecule has 0 N–H and O–H groups in total. The minimum atomic E-state index is -0.703. The van der Waals surface area contributed by atoms with Crippen molar-refractivity contribution in [2.75, 3.05) is 32.8 Å². The normalized spacial score (nSPS) is 14.3. The van der Waals surface area contributed by atoms with Gasteiger partial charge >= 0.3 is 0 Å². The molecule has 2 aromatic heterocycles. The summed E-state index contributed by atoms with van der Waals surface area (Å²) in [7, 11) is 0. The Balaban J connectivity index is 1.32. The molecule has 0 bridgehead atoms. The van der Waals surface area contributed by atoms with Crippen LogP contribution in [0.2, 0.25) is 0 Å². The first kappa shape index (κ1) is 23.0. The topological polar surface area (TPSA) is 78.1 Å². The number of ether oxygens (including phenoxy) is 1. The molecule has 5 rings (SSSR count). The van der Waals surface area contributed by atoms with Crippen LogP contribution in [0.4, 0.5) is 8.78 Å². The van der Waals surface area contributed by atoms with E-state index < -0.39 is 11.6 Å². The molecule has 0 radical (unpaired) electrons. The van der Waals surface area contributed by atoms with Crippen molar-refractivity contribution >= 4 is 0 Å². The molecule has 35 heavy (non-hydrogen) atoms. The van der Waals surface area contributed by atoms with E-state index in [2.05, 4.69) is 20.3 Å². The molecule has 1 aliphatic rings. The summed E-state index contributed by atoms with van der Waals surface area (Å²) in [5, 5.41) is 12.9. The van der Waals surface area contributed by atoms with Crippen LogP contribution in [-0.4, -0.2) is 62.5 Å². The quantitative estimate of drug-likeness (QED) is 0.407. The summed E-state index contributed by atoms with van der Waals surface area (Å²) in [6.07, 6.45) is 1.91. The molecule has 0 aliphatic carbocycles. The van der Waals surface area contributed by atoms with E-state index in [-0.39, 0.29) is 17.7 Å². The van der Waals surface area contributed by atoms with E-state index in [0.717, 1.165) is 62.3 Å². The van der Waals surface area contributed by atoms with Crippen molar-refractivity contribution in [2.45, 2.75) is 13.1 Å². The van der Waals surface area contributed by atoms with Crippen molar-refractivity contribution in [2.24, 2.45) is 0 Å². The Bertz CT molecular complexity index is 1360. The molecule has 0 unspecified atom stereocenters. The van der Waals surface area contributed by atoms with Crippen LogP contribution in [0.3, 0.4) is 0 Å². The fourth-order valence-corrected chi connectivity index (χ4v) is 4.03. The molecule has 180 valence electrons. The third-order valence-corrected chi connectivity index (χ3v) is 5.87. The van der Waals surface area contributed by atoms with Crippen molar-refractivity contribution in [3.63, 3.8) is 0 Å². The number of hydrogen-bond donors (Lipinski definition) is 0. The Morgan fingerprint density at radius 3 is 2.49 bits per heavy atom. The summed E-state index contributed by atoms with van der Waals surface area (Å²) in [6.45, 7) is 5.18. The van der Waals surface area contributed by atoms with Crippen molar-refractivity contribution in [1.82, 2.24) is 29.7 Å². The van der Waals surface area contributed by atoms with Gasteiger partial charge in [-0.1, -0.05) is 23.4 Å². The Hall–Kier alpha value is -3.76. The first-order valence-corrected chi connectivity index (χ1v) is 11.4. The fraction of sp³-hybridized carbons (Fsp3) is 0.280. The minimum Gasteiger partial charge on any atom is -0.379 e. The predicted molar refractivity (Wildman–Crippen MR) is 126 cm³/mol. The molecule has 1 saturated heterocycles. The van der Waals surface area contributed by atoms with Crippen molar-refractivity contribution in [3.05, 3.63) is 88.3 Å². The van der Waals surface area contributed by atoms with Crippen LogP contribution >= 0.6 is 0 Å². The second kappa shape index (κ2) is 10.2. The van der Waals surface area contributed by atoms with E-state index in [1.807, 2.05) is 35.1 Å². The van der Waals surface area contributed by atoms with Crippen molar-refractivity contribution in [3.8, 4) is 22.5 Å². The van der Waals surface area contributed by atoms with Gasteiger partial charge in [-0.05, 0) is 29.8 Å². The standard InChI is InChI=1S/C25H24F2N6O2/c26-21-13-20(14-22(27)15-21)23-4-5-25(34)33(29-23)16-18-2-1-3-19(12-18)24-17-32(30-28-24)7-6-31-8-10-35-11-9-31/h1-5,12-15,17H,6-11,16H2. The monoisotopic (exact) mass is 478 g/mol. The van der Waals surface area contributed by atoms with Crippen LogP contribution in [0.1, 0.15) is 5.56 Å². The Morgan fingerprint density at radius 1 is 0.886 bits per heavy atom. The summed E-state index contributed by atoms with van der Waals surface area (Å²) in [6, 6.07) is 13.6. The number of nitrogens with zero attached hydrogens (tertiary/aromatic N) is 6. The Kier molecular flexibility index (Phi) is 6.73. The third kappa shape index (κ3) is 5.67. The first-order valence-electron chi connectivity index (χ1n) is 11.4. The largest absolute Gasteiger partial charge is 0.379 e. The summed E-state index contributed by atoms with van der Waals surface area (Å²) < 4.78 is 35.7. The van der Waals surface area contributed by atoms with E-state index in [1.54, 1.807) is 0 Å².